The summed E-state index contributed by atoms with van der Waals surface area (Å²) in [7, 11) is 0. The van der Waals surface area contributed by atoms with Crippen LogP contribution in [-0.2, 0) is 0 Å². The highest BCUT2D eigenvalue weighted by Crippen LogP contribution is 2.40. The molecule has 0 fully saturated rings. The van der Waals surface area contributed by atoms with Crippen molar-refractivity contribution in [3.8, 4) is 11.5 Å². The van der Waals surface area contributed by atoms with Crippen LogP contribution in [0, 0.1) is 6.92 Å². The monoisotopic (exact) mass is 426 g/mol. The minimum absolute atomic E-state index is 0.113. The van der Waals surface area contributed by atoms with E-state index in [0.717, 1.165) is 5.56 Å². The Morgan fingerprint density at radius 3 is 2.45 bits per heavy atom. The molecule has 0 aliphatic rings. The van der Waals surface area contributed by atoms with Crippen molar-refractivity contribution in [3.05, 3.63) is 56.0 Å². The number of benzene rings is 2. The fourth-order valence-electron chi connectivity index (χ4n) is 1.65. The number of hydrazone groups is 1. The second-order valence-corrected chi connectivity index (χ2v) is 6.17. The van der Waals surface area contributed by atoms with Crippen molar-refractivity contribution in [1.82, 2.24) is 5.43 Å². The number of phenols is 2. The van der Waals surface area contributed by atoms with Gasteiger partial charge in [0.25, 0.3) is 5.91 Å². The van der Waals surface area contributed by atoms with Gasteiger partial charge in [-0.25, -0.2) is 5.43 Å². The van der Waals surface area contributed by atoms with E-state index in [1.165, 1.54) is 12.3 Å². The minimum Gasteiger partial charge on any atom is -0.506 e. The second-order valence-electron chi connectivity index (χ2n) is 4.52. The van der Waals surface area contributed by atoms with Crippen LogP contribution >= 0.6 is 31.9 Å². The molecule has 2 aromatic carbocycles. The molecule has 22 heavy (non-hydrogen) atoms. The number of hydrogen-bond acceptors (Lipinski definition) is 4. The van der Waals surface area contributed by atoms with Crippen molar-refractivity contribution in [3.63, 3.8) is 0 Å². The Kier molecular flexibility index (Phi) is 5.20. The Labute approximate surface area is 143 Å². The van der Waals surface area contributed by atoms with Gasteiger partial charge in [0.05, 0.1) is 10.7 Å². The van der Waals surface area contributed by atoms with Crippen molar-refractivity contribution in [2.75, 3.05) is 0 Å². The highest BCUT2D eigenvalue weighted by molar-refractivity contribution is 9.11. The van der Waals surface area contributed by atoms with Crippen LogP contribution in [0.15, 0.2) is 44.4 Å². The predicted octanol–water partition coefficient (Wildman–Crippen LogP) is 3.70. The van der Waals surface area contributed by atoms with Gasteiger partial charge in [-0.3, -0.25) is 4.79 Å². The van der Waals surface area contributed by atoms with Gasteiger partial charge in [0.1, 0.15) is 16.0 Å². The summed E-state index contributed by atoms with van der Waals surface area (Å²) in [6, 6.07) is 8.55. The van der Waals surface area contributed by atoms with Crippen molar-refractivity contribution in [1.29, 1.82) is 0 Å². The van der Waals surface area contributed by atoms with Crippen LogP contribution in [0.2, 0.25) is 0 Å². The molecule has 0 spiro atoms. The maximum Gasteiger partial charge on any atom is 0.271 e. The molecule has 2 aromatic rings. The summed E-state index contributed by atoms with van der Waals surface area (Å²) in [4.78, 5) is 11.9. The number of aryl methyl sites for hydroxylation is 1. The Bertz CT molecular complexity index is 743. The molecule has 0 unspecified atom stereocenters. The SMILES string of the molecule is Cc1ccc(C(=O)N/N=C\c2cc(Br)c(O)c(Br)c2O)cc1. The predicted molar refractivity (Wildman–Crippen MR) is 91.4 cm³/mol. The van der Waals surface area contributed by atoms with Crippen molar-refractivity contribution < 1.29 is 15.0 Å². The number of carbonyl (C=O) groups excluding carboxylic acids is 1. The van der Waals surface area contributed by atoms with E-state index in [9.17, 15) is 15.0 Å². The lowest BCUT2D eigenvalue weighted by molar-refractivity contribution is 0.0955. The summed E-state index contributed by atoms with van der Waals surface area (Å²) in [6.45, 7) is 1.93. The smallest absolute Gasteiger partial charge is 0.271 e. The minimum atomic E-state index is -0.354. The lowest BCUT2D eigenvalue weighted by atomic mass is 10.1. The molecule has 114 valence electrons. The van der Waals surface area contributed by atoms with E-state index >= 15 is 0 Å². The number of carbonyl (C=O) groups is 1. The van der Waals surface area contributed by atoms with Crippen molar-refractivity contribution in [2.45, 2.75) is 6.92 Å². The van der Waals surface area contributed by atoms with Crippen LogP contribution in [0.4, 0.5) is 0 Å². The maximum atomic E-state index is 11.9. The molecule has 1 amide bonds. The fourth-order valence-corrected chi connectivity index (χ4v) is 2.80. The van der Waals surface area contributed by atoms with E-state index in [1.54, 1.807) is 12.1 Å². The third kappa shape index (κ3) is 3.66. The van der Waals surface area contributed by atoms with Crippen LogP contribution < -0.4 is 5.43 Å². The topological polar surface area (TPSA) is 81.9 Å². The third-order valence-electron chi connectivity index (χ3n) is 2.88. The van der Waals surface area contributed by atoms with Gasteiger partial charge in [0.15, 0.2) is 0 Å². The van der Waals surface area contributed by atoms with E-state index < -0.39 is 0 Å². The average molecular weight is 428 g/mol. The second kappa shape index (κ2) is 6.93. The highest BCUT2D eigenvalue weighted by Gasteiger charge is 2.12. The first-order valence-corrected chi connectivity index (χ1v) is 7.78. The summed E-state index contributed by atoms with van der Waals surface area (Å²) in [5.74, 6) is -0.639. The zero-order valence-electron chi connectivity index (χ0n) is 11.5. The van der Waals surface area contributed by atoms with Crippen molar-refractivity contribution >= 4 is 44.0 Å². The number of nitrogens with one attached hydrogen (secondary N) is 1. The molecular weight excluding hydrogens is 416 g/mol. The van der Waals surface area contributed by atoms with Gasteiger partial charge in [-0.05, 0) is 57.0 Å². The summed E-state index contributed by atoms with van der Waals surface area (Å²) in [6.07, 6.45) is 1.29. The zero-order valence-corrected chi connectivity index (χ0v) is 14.6. The molecule has 5 nitrogen and oxygen atoms in total. The Morgan fingerprint density at radius 2 is 1.82 bits per heavy atom. The van der Waals surface area contributed by atoms with Crippen molar-refractivity contribution in [2.24, 2.45) is 5.10 Å². The van der Waals surface area contributed by atoms with Gasteiger partial charge in [-0.15, -0.1) is 0 Å². The fraction of sp³-hybridized carbons (Fsp3) is 0.0667. The molecule has 0 aromatic heterocycles. The number of amides is 1. The van der Waals surface area contributed by atoms with Gasteiger partial charge >= 0.3 is 0 Å². The van der Waals surface area contributed by atoms with Crippen LogP contribution in [0.1, 0.15) is 21.5 Å². The first-order chi connectivity index (χ1) is 10.4. The summed E-state index contributed by atoms with van der Waals surface area (Å²) >= 11 is 6.22. The molecule has 3 N–H and O–H groups in total. The summed E-state index contributed by atoms with van der Waals surface area (Å²) in [5, 5.41) is 23.3. The average Bonchev–Trinajstić information content (AvgIpc) is 2.50. The molecule has 0 heterocycles. The number of halogens is 2. The van der Waals surface area contributed by atoms with E-state index in [0.29, 0.717) is 15.6 Å². The summed E-state index contributed by atoms with van der Waals surface area (Å²) in [5.41, 5.74) is 4.25. The first kappa shape index (κ1) is 16.5. The van der Waals surface area contributed by atoms with Crippen LogP contribution in [0.25, 0.3) is 0 Å². The lowest BCUT2D eigenvalue weighted by Crippen LogP contribution is -2.17. The highest BCUT2D eigenvalue weighted by atomic mass is 79.9. The molecule has 7 heteroatoms. The normalized spacial score (nSPS) is 10.9. The van der Waals surface area contributed by atoms with E-state index in [-0.39, 0.29) is 21.9 Å². The molecule has 2 rings (SSSR count). The summed E-state index contributed by atoms with van der Waals surface area (Å²) < 4.78 is 0.539. The number of phenolic OH excluding ortho intramolecular Hbond substituents is 2. The van der Waals surface area contributed by atoms with Crippen LogP contribution in [0.3, 0.4) is 0 Å². The molecule has 0 saturated heterocycles. The molecular formula is C15H12Br2N2O3. The maximum absolute atomic E-state index is 11.9. The Hall–Kier alpha value is -1.86. The van der Waals surface area contributed by atoms with Gasteiger partial charge in [-0.2, -0.15) is 5.10 Å². The molecule has 0 saturated carbocycles. The molecule has 0 radical (unpaired) electrons. The van der Waals surface area contributed by atoms with Gasteiger partial charge < -0.3 is 10.2 Å². The third-order valence-corrected chi connectivity index (χ3v) is 4.24. The number of rotatable bonds is 3. The molecule has 0 aliphatic heterocycles. The lowest BCUT2D eigenvalue weighted by Gasteiger charge is -2.06. The van der Waals surface area contributed by atoms with E-state index in [1.807, 2.05) is 19.1 Å². The van der Waals surface area contributed by atoms with E-state index in [4.69, 9.17) is 0 Å². The first-order valence-electron chi connectivity index (χ1n) is 6.20. The largest absolute Gasteiger partial charge is 0.506 e. The van der Waals surface area contributed by atoms with Gasteiger partial charge in [0, 0.05) is 11.1 Å². The quantitative estimate of drug-likeness (QED) is 0.516. The van der Waals surface area contributed by atoms with Gasteiger partial charge in [0.2, 0.25) is 0 Å². The van der Waals surface area contributed by atoms with Crippen LogP contribution in [0.5, 0.6) is 11.5 Å². The molecule has 0 bridgehead atoms. The number of hydrogen-bond donors (Lipinski definition) is 3. The number of aromatic hydroxyl groups is 2. The molecule has 0 aliphatic carbocycles. The standard InChI is InChI=1S/C15H12Br2N2O3/c1-8-2-4-9(5-3-8)15(22)19-18-7-10-6-11(16)14(21)12(17)13(10)20/h2-7,20-21H,1H3,(H,19,22)/b18-7-. The number of nitrogens with zero attached hydrogens (tertiary/aromatic N) is 1. The zero-order chi connectivity index (χ0) is 16.3. The molecule has 0 atom stereocenters. The van der Waals surface area contributed by atoms with Gasteiger partial charge in [-0.1, -0.05) is 17.7 Å². The Balaban J connectivity index is 2.13. The van der Waals surface area contributed by atoms with Crippen LogP contribution in [-0.4, -0.2) is 22.3 Å². The van der Waals surface area contributed by atoms with E-state index in [2.05, 4.69) is 42.4 Å². The Morgan fingerprint density at radius 1 is 1.18 bits per heavy atom.